The van der Waals surface area contributed by atoms with Crippen LogP contribution in [0.1, 0.15) is 12.0 Å². The van der Waals surface area contributed by atoms with Gasteiger partial charge in [-0.1, -0.05) is 30.3 Å². The number of hydrogen-bond acceptors (Lipinski definition) is 3. The summed E-state index contributed by atoms with van der Waals surface area (Å²) in [7, 11) is 0. The lowest BCUT2D eigenvalue weighted by Crippen LogP contribution is -2.33. The molecule has 1 N–H and O–H groups in total. The van der Waals surface area contributed by atoms with Gasteiger partial charge in [0.2, 0.25) is 0 Å². The molecule has 16 heavy (non-hydrogen) atoms. The molecule has 1 aromatic rings. The minimum Gasteiger partial charge on any atom is -0.760 e. The van der Waals surface area contributed by atoms with E-state index in [2.05, 4.69) is 21.8 Å². The predicted octanol–water partition coefficient (Wildman–Crippen LogP) is 0.645. The van der Waals surface area contributed by atoms with Crippen LogP contribution >= 0.6 is 0 Å². The lowest BCUT2D eigenvalue weighted by Gasteiger charge is -2.17. The molecule has 2 rings (SSSR count). The Morgan fingerprint density at radius 3 is 2.88 bits per heavy atom. The summed E-state index contributed by atoms with van der Waals surface area (Å²) in [6.07, 6.45) is 0.890. The van der Waals surface area contributed by atoms with Crippen molar-refractivity contribution in [1.82, 2.24) is 9.62 Å². The molecular weight excluding hydrogens is 224 g/mol. The molecular formula is C11H15N2O2S-. The van der Waals surface area contributed by atoms with E-state index in [1.54, 1.807) is 0 Å². The molecule has 0 saturated carbocycles. The van der Waals surface area contributed by atoms with Crippen molar-refractivity contribution in [2.24, 2.45) is 0 Å². The highest BCUT2D eigenvalue weighted by molar-refractivity contribution is 7.77. The first kappa shape index (κ1) is 11.7. The zero-order chi connectivity index (χ0) is 11.4. The highest BCUT2D eigenvalue weighted by Crippen LogP contribution is 2.13. The molecule has 2 unspecified atom stereocenters. The first-order chi connectivity index (χ1) is 7.74. The third-order valence-electron chi connectivity index (χ3n) is 2.78. The molecule has 1 saturated heterocycles. The van der Waals surface area contributed by atoms with Crippen molar-refractivity contribution in [1.29, 1.82) is 0 Å². The van der Waals surface area contributed by atoms with Crippen LogP contribution in [0.2, 0.25) is 0 Å². The fourth-order valence-electron chi connectivity index (χ4n) is 2.05. The highest BCUT2D eigenvalue weighted by Gasteiger charge is 2.21. The molecule has 1 heterocycles. The number of hydrogen-bond donors (Lipinski definition) is 1. The number of likely N-dealkylation sites (tertiary alicyclic amines) is 1. The summed E-state index contributed by atoms with van der Waals surface area (Å²) in [6, 6.07) is 10.3. The number of benzene rings is 1. The van der Waals surface area contributed by atoms with Crippen molar-refractivity contribution in [2.75, 3.05) is 13.1 Å². The van der Waals surface area contributed by atoms with E-state index >= 15 is 0 Å². The largest absolute Gasteiger partial charge is 0.760 e. The quantitative estimate of drug-likeness (QED) is 0.785. The molecule has 0 spiro atoms. The molecule has 1 aliphatic rings. The zero-order valence-electron chi connectivity index (χ0n) is 8.96. The Bertz CT molecular complexity index is 358. The molecule has 5 heteroatoms. The Morgan fingerprint density at radius 2 is 2.19 bits per heavy atom. The molecule has 2 atom stereocenters. The molecule has 1 aliphatic heterocycles. The Kier molecular flexibility index (Phi) is 4.06. The van der Waals surface area contributed by atoms with Crippen LogP contribution in [-0.4, -0.2) is 32.8 Å². The van der Waals surface area contributed by atoms with Crippen LogP contribution < -0.4 is 4.72 Å². The van der Waals surface area contributed by atoms with Gasteiger partial charge in [-0.2, -0.15) is 0 Å². The van der Waals surface area contributed by atoms with Gasteiger partial charge in [0.1, 0.15) is 0 Å². The summed E-state index contributed by atoms with van der Waals surface area (Å²) in [5.41, 5.74) is 1.27. The van der Waals surface area contributed by atoms with Crippen LogP contribution in [0, 0.1) is 0 Å². The third-order valence-corrected chi connectivity index (χ3v) is 3.31. The fraction of sp³-hybridized carbons (Fsp3) is 0.455. The molecule has 0 radical (unpaired) electrons. The van der Waals surface area contributed by atoms with E-state index in [1.165, 1.54) is 5.56 Å². The van der Waals surface area contributed by atoms with Crippen molar-refractivity contribution < 1.29 is 8.76 Å². The monoisotopic (exact) mass is 239 g/mol. The van der Waals surface area contributed by atoms with Crippen LogP contribution in [0.4, 0.5) is 0 Å². The Balaban J connectivity index is 1.83. The van der Waals surface area contributed by atoms with E-state index in [0.717, 1.165) is 26.1 Å². The number of nitrogens with one attached hydrogen (secondary N) is 1. The highest BCUT2D eigenvalue weighted by atomic mass is 32.2. The molecule has 1 fully saturated rings. The SMILES string of the molecule is O=S([O-])NC1CCN(Cc2ccccc2)C1. The second-order valence-corrected chi connectivity index (χ2v) is 4.76. The van der Waals surface area contributed by atoms with Gasteiger partial charge in [0.25, 0.3) is 0 Å². The van der Waals surface area contributed by atoms with Gasteiger partial charge in [0, 0.05) is 36.9 Å². The Morgan fingerprint density at radius 1 is 1.44 bits per heavy atom. The summed E-state index contributed by atoms with van der Waals surface area (Å²) in [4.78, 5) is 2.26. The van der Waals surface area contributed by atoms with Gasteiger partial charge < -0.3 is 4.55 Å². The van der Waals surface area contributed by atoms with Gasteiger partial charge >= 0.3 is 0 Å². The van der Waals surface area contributed by atoms with Crippen molar-refractivity contribution >= 4 is 11.3 Å². The van der Waals surface area contributed by atoms with Gasteiger partial charge in [0.15, 0.2) is 0 Å². The summed E-state index contributed by atoms with van der Waals surface area (Å²) in [5, 5.41) is 0. The maximum absolute atomic E-state index is 10.5. The lowest BCUT2D eigenvalue weighted by atomic mass is 10.2. The van der Waals surface area contributed by atoms with Crippen LogP contribution in [0.5, 0.6) is 0 Å². The number of rotatable bonds is 4. The lowest BCUT2D eigenvalue weighted by molar-refractivity contribution is 0.324. The van der Waals surface area contributed by atoms with Crippen molar-refractivity contribution in [3.05, 3.63) is 35.9 Å². The standard InChI is InChI=1S/C11H16N2O2S/c14-16(15)12-11-6-7-13(9-11)8-10-4-2-1-3-5-10/h1-5,11-12H,6-9H2,(H,14,15)/p-1. The second-order valence-electron chi connectivity index (χ2n) is 4.06. The van der Waals surface area contributed by atoms with Crippen LogP contribution in [0.3, 0.4) is 0 Å². The molecule has 0 bridgehead atoms. The number of nitrogens with zero attached hydrogens (tertiary/aromatic N) is 1. The topological polar surface area (TPSA) is 55.4 Å². The van der Waals surface area contributed by atoms with E-state index in [0.29, 0.717) is 0 Å². The molecule has 1 aromatic carbocycles. The molecule has 0 aliphatic carbocycles. The zero-order valence-corrected chi connectivity index (χ0v) is 9.78. The van der Waals surface area contributed by atoms with E-state index in [9.17, 15) is 8.76 Å². The molecule has 0 aromatic heterocycles. The van der Waals surface area contributed by atoms with E-state index in [4.69, 9.17) is 0 Å². The van der Waals surface area contributed by atoms with Gasteiger partial charge in [-0.15, -0.1) is 0 Å². The first-order valence-corrected chi connectivity index (χ1v) is 6.43. The average Bonchev–Trinajstić information content (AvgIpc) is 2.66. The normalized spacial score (nSPS) is 23.4. The van der Waals surface area contributed by atoms with E-state index in [1.807, 2.05) is 18.2 Å². The second kappa shape index (κ2) is 5.54. The predicted molar refractivity (Wildman–Crippen MR) is 62.2 cm³/mol. The Labute approximate surface area is 98.1 Å². The summed E-state index contributed by atoms with van der Waals surface area (Å²) in [5.74, 6) is 0. The van der Waals surface area contributed by atoms with Crippen LogP contribution in [-0.2, 0) is 17.8 Å². The van der Waals surface area contributed by atoms with Crippen molar-refractivity contribution in [2.45, 2.75) is 19.0 Å². The first-order valence-electron chi connectivity index (χ1n) is 5.36. The third kappa shape index (κ3) is 3.38. The molecule has 88 valence electrons. The van der Waals surface area contributed by atoms with Gasteiger partial charge in [-0.3, -0.25) is 9.11 Å². The fourth-order valence-corrected chi connectivity index (χ4v) is 2.51. The average molecular weight is 239 g/mol. The Hall–Kier alpha value is -0.750. The van der Waals surface area contributed by atoms with Crippen molar-refractivity contribution in [3.8, 4) is 0 Å². The van der Waals surface area contributed by atoms with Crippen LogP contribution in [0.25, 0.3) is 0 Å². The maximum atomic E-state index is 10.5. The minimum atomic E-state index is -2.14. The van der Waals surface area contributed by atoms with E-state index in [-0.39, 0.29) is 6.04 Å². The summed E-state index contributed by atoms with van der Waals surface area (Å²) < 4.78 is 23.5. The minimum absolute atomic E-state index is 0.0713. The van der Waals surface area contributed by atoms with Gasteiger partial charge in [0.05, 0.1) is 0 Å². The maximum Gasteiger partial charge on any atom is 0.0324 e. The van der Waals surface area contributed by atoms with E-state index < -0.39 is 11.3 Å². The van der Waals surface area contributed by atoms with Gasteiger partial charge in [-0.25, -0.2) is 4.72 Å². The molecule has 0 amide bonds. The van der Waals surface area contributed by atoms with Crippen LogP contribution in [0.15, 0.2) is 30.3 Å². The molecule has 4 nitrogen and oxygen atoms in total. The smallest absolute Gasteiger partial charge is 0.0324 e. The van der Waals surface area contributed by atoms with Gasteiger partial charge in [-0.05, 0) is 12.0 Å². The summed E-state index contributed by atoms with van der Waals surface area (Å²) >= 11 is -2.14. The van der Waals surface area contributed by atoms with Crippen molar-refractivity contribution in [3.63, 3.8) is 0 Å². The summed E-state index contributed by atoms with van der Waals surface area (Å²) in [6.45, 7) is 2.64.